The third kappa shape index (κ3) is 3.78. The van der Waals surface area contributed by atoms with Crippen molar-refractivity contribution >= 4 is 17.5 Å². The van der Waals surface area contributed by atoms with Crippen LogP contribution in [0.4, 0.5) is 4.39 Å². The summed E-state index contributed by atoms with van der Waals surface area (Å²) in [6.45, 7) is 0.374. The summed E-state index contributed by atoms with van der Waals surface area (Å²) < 4.78 is 18.6. The first kappa shape index (κ1) is 15.4. The van der Waals surface area contributed by atoms with Crippen molar-refractivity contribution < 1.29 is 23.8 Å². The lowest BCUT2D eigenvalue weighted by atomic mass is 10.2. The van der Waals surface area contributed by atoms with Crippen LogP contribution in [0.3, 0.4) is 0 Å². The van der Waals surface area contributed by atoms with Crippen molar-refractivity contribution in [2.45, 2.75) is 6.54 Å². The number of rotatable bonds is 5. The predicted octanol–water partition coefficient (Wildman–Crippen LogP) is 1.71. The fraction of sp³-hybridized carbons (Fsp3) is 0.133. The van der Waals surface area contributed by atoms with Crippen molar-refractivity contribution in [3.05, 3.63) is 59.7 Å². The Morgan fingerprint density at radius 2 is 2.05 bits per heavy atom. The Hall–Kier alpha value is -2.96. The van der Waals surface area contributed by atoms with Crippen LogP contribution >= 0.6 is 0 Å². The number of hydrogen-bond donors (Lipinski definition) is 1. The zero-order valence-electron chi connectivity index (χ0n) is 11.7. The monoisotopic (exact) mass is 304 g/mol. The summed E-state index contributed by atoms with van der Waals surface area (Å²) in [5, 5.41) is 13.8. The molecule has 0 saturated heterocycles. The highest BCUT2D eigenvalue weighted by Gasteiger charge is 2.13. The molecule has 1 aromatic carbocycles. The summed E-state index contributed by atoms with van der Waals surface area (Å²) in [6, 6.07) is 5.92. The number of esters is 1. The Kier molecular flexibility index (Phi) is 4.67. The summed E-state index contributed by atoms with van der Waals surface area (Å²) in [6.07, 6.45) is 3.62. The van der Waals surface area contributed by atoms with Crippen LogP contribution in [0.1, 0.15) is 11.1 Å². The van der Waals surface area contributed by atoms with E-state index in [2.05, 4.69) is 9.84 Å². The van der Waals surface area contributed by atoms with Gasteiger partial charge in [0, 0.05) is 12.3 Å². The summed E-state index contributed by atoms with van der Waals surface area (Å²) in [4.78, 5) is 22.3. The van der Waals surface area contributed by atoms with Crippen LogP contribution in [0.2, 0.25) is 0 Å². The minimum absolute atomic E-state index is 0.277. The molecular formula is C15H13FN2O4. The molecule has 0 aliphatic rings. The van der Waals surface area contributed by atoms with Crippen molar-refractivity contribution in [3.63, 3.8) is 0 Å². The number of benzene rings is 1. The predicted molar refractivity (Wildman–Crippen MR) is 75.4 cm³/mol. The number of aliphatic hydroxyl groups excluding tert-OH is 1. The molecule has 2 rings (SSSR count). The maximum atomic E-state index is 12.8. The van der Waals surface area contributed by atoms with Crippen molar-refractivity contribution in [1.82, 2.24) is 9.78 Å². The van der Waals surface area contributed by atoms with Crippen molar-refractivity contribution in [3.8, 4) is 0 Å². The molecule has 0 atom stereocenters. The Balaban J connectivity index is 2.10. The normalized spacial score (nSPS) is 11.3. The Labute approximate surface area is 125 Å². The summed E-state index contributed by atoms with van der Waals surface area (Å²) in [5.74, 6) is -2.75. The molecule has 0 radical (unpaired) electrons. The average Bonchev–Trinajstić information content (AvgIpc) is 2.97. The Morgan fingerprint density at radius 3 is 2.68 bits per heavy atom. The molecule has 0 spiro atoms. The van der Waals surface area contributed by atoms with Gasteiger partial charge in [0.15, 0.2) is 0 Å². The first-order valence-electron chi connectivity index (χ1n) is 6.30. The molecule has 1 aromatic heterocycles. The van der Waals surface area contributed by atoms with Gasteiger partial charge in [-0.25, -0.2) is 9.18 Å². The Morgan fingerprint density at radius 1 is 1.36 bits per heavy atom. The summed E-state index contributed by atoms with van der Waals surface area (Å²) in [5.41, 5.74) is 1.10. The molecule has 2 aromatic rings. The standard InChI is InChI=1S/C15H13FN2O4/c1-22-15(21)14(20)6-13(19)11-7-17-18(9-11)8-10-2-4-12(16)5-3-10/h2-7,9,19H,8H2,1H3. The van der Waals surface area contributed by atoms with Crippen LogP contribution < -0.4 is 0 Å². The maximum Gasteiger partial charge on any atom is 0.378 e. The lowest BCUT2D eigenvalue weighted by Crippen LogP contribution is -2.13. The molecule has 0 amide bonds. The highest BCUT2D eigenvalue weighted by Crippen LogP contribution is 2.12. The second kappa shape index (κ2) is 6.66. The van der Waals surface area contributed by atoms with Gasteiger partial charge in [-0.1, -0.05) is 12.1 Å². The number of hydrogen-bond acceptors (Lipinski definition) is 5. The summed E-state index contributed by atoms with van der Waals surface area (Å²) >= 11 is 0. The second-order valence-corrected chi connectivity index (χ2v) is 4.44. The smallest absolute Gasteiger partial charge is 0.378 e. The van der Waals surface area contributed by atoms with Crippen LogP contribution in [0.5, 0.6) is 0 Å². The molecule has 1 N–H and O–H groups in total. The van der Waals surface area contributed by atoms with Gasteiger partial charge in [0.05, 0.1) is 25.4 Å². The van der Waals surface area contributed by atoms with E-state index < -0.39 is 11.8 Å². The molecule has 0 unspecified atom stereocenters. The number of aliphatic hydroxyl groups is 1. The highest BCUT2D eigenvalue weighted by molar-refractivity contribution is 6.39. The van der Waals surface area contributed by atoms with E-state index in [1.807, 2.05) is 0 Å². The van der Waals surface area contributed by atoms with Gasteiger partial charge in [0.2, 0.25) is 0 Å². The van der Waals surface area contributed by atoms with Crippen molar-refractivity contribution in [2.24, 2.45) is 0 Å². The van der Waals surface area contributed by atoms with E-state index in [4.69, 9.17) is 0 Å². The number of aromatic nitrogens is 2. The van der Waals surface area contributed by atoms with Gasteiger partial charge >= 0.3 is 5.97 Å². The van der Waals surface area contributed by atoms with Gasteiger partial charge in [-0.05, 0) is 17.7 Å². The summed E-state index contributed by atoms with van der Waals surface area (Å²) in [7, 11) is 1.08. The number of nitrogens with zero attached hydrogens (tertiary/aromatic N) is 2. The Bertz CT molecular complexity index is 719. The first-order chi connectivity index (χ1) is 10.5. The SMILES string of the molecule is COC(=O)C(=O)C=C(O)c1cnn(Cc2ccc(F)cc2)c1. The quantitative estimate of drug-likeness (QED) is 0.393. The van der Waals surface area contributed by atoms with Crippen molar-refractivity contribution in [2.75, 3.05) is 7.11 Å². The number of ketones is 1. The topological polar surface area (TPSA) is 81.4 Å². The van der Waals surface area contributed by atoms with Crippen molar-refractivity contribution in [1.29, 1.82) is 0 Å². The molecule has 22 heavy (non-hydrogen) atoms. The third-order valence-corrected chi connectivity index (χ3v) is 2.84. The zero-order chi connectivity index (χ0) is 16.1. The minimum Gasteiger partial charge on any atom is -0.507 e. The lowest BCUT2D eigenvalue weighted by molar-refractivity contribution is -0.149. The molecule has 0 aliphatic heterocycles. The number of halogens is 1. The van der Waals surface area contributed by atoms with E-state index >= 15 is 0 Å². The number of ether oxygens (including phenoxy) is 1. The zero-order valence-corrected chi connectivity index (χ0v) is 11.7. The van der Waals surface area contributed by atoms with Crippen LogP contribution in [0.15, 0.2) is 42.7 Å². The fourth-order valence-electron chi connectivity index (χ4n) is 1.73. The fourth-order valence-corrected chi connectivity index (χ4v) is 1.73. The number of carbonyl (C=O) groups excluding carboxylic acids is 2. The highest BCUT2D eigenvalue weighted by atomic mass is 19.1. The van der Waals surface area contributed by atoms with E-state index in [0.717, 1.165) is 18.7 Å². The van der Waals surface area contributed by atoms with Gasteiger partial charge < -0.3 is 9.84 Å². The molecule has 0 fully saturated rings. The second-order valence-electron chi connectivity index (χ2n) is 4.44. The van der Waals surface area contributed by atoms with Crippen LogP contribution in [-0.2, 0) is 20.9 Å². The van der Waals surface area contributed by atoms with Gasteiger partial charge in [-0.15, -0.1) is 0 Å². The van der Waals surface area contributed by atoms with Gasteiger partial charge in [-0.3, -0.25) is 9.48 Å². The van der Waals surface area contributed by atoms with Crippen LogP contribution in [0, 0.1) is 5.82 Å². The molecule has 6 nitrogen and oxygen atoms in total. The molecule has 0 bridgehead atoms. The molecule has 1 heterocycles. The van der Waals surface area contributed by atoms with Crippen LogP contribution in [-0.4, -0.2) is 33.7 Å². The number of carbonyl (C=O) groups is 2. The van der Waals surface area contributed by atoms with E-state index in [-0.39, 0.29) is 17.1 Å². The van der Waals surface area contributed by atoms with Gasteiger partial charge in [0.25, 0.3) is 5.78 Å². The average molecular weight is 304 g/mol. The van der Waals surface area contributed by atoms with E-state index in [9.17, 15) is 19.1 Å². The third-order valence-electron chi connectivity index (χ3n) is 2.84. The van der Waals surface area contributed by atoms with E-state index in [1.165, 1.54) is 29.2 Å². The minimum atomic E-state index is -1.06. The van der Waals surface area contributed by atoms with E-state index in [0.29, 0.717) is 6.54 Å². The van der Waals surface area contributed by atoms with Gasteiger partial charge in [0.1, 0.15) is 11.6 Å². The number of methoxy groups -OCH3 is 1. The lowest BCUT2D eigenvalue weighted by Gasteiger charge is -2.01. The van der Waals surface area contributed by atoms with E-state index in [1.54, 1.807) is 12.1 Å². The van der Waals surface area contributed by atoms with Crippen LogP contribution in [0.25, 0.3) is 5.76 Å². The van der Waals surface area contributed by atoms with Gasteiger partial charge in [-0.2, -0.15) is 5.10 Å². The molecule has 0 aliphatic carbocycles. The molecule has 114 valence electrons. The molecule has 7 heteroatoms. The maximum absolute atomic E-state index is 12.8. The largest absolute Gasteiger partial charge is 0.507 e. The first-order valence-corrected chi connectivity index (χ1v) is 6.30. The molecular weight excluding hydrogens is 291 g/mol. The molecule has 0 saturated carbocycles.